The van der Waals surface area contributed by atoms with E-state index in [9.17, 15) is 19.8 Å². The van der Waals surface area contributed by atoms with Crippen LogP contribution in [0.15, 0.2) is 61.2 Å². The summed E-state index contributed by atoms with van der Waals surface area (Å²) in [6.07, 6.45) is 7.36. The number of carbonyl (C=O) groups is 2. The van der Waals surface area contributed by atoms with Crippen LogP contribution in [0.3, 0.4) is 0 Å². The predicted octanol–water partition coefficient (Wildman–Crippen LogP) is 6.37. The minimum absolute atomic E-state index is 0. The molecule has 0 aliphatic carbocycles. The number of aliphatic hydroxyl groups is 2. The standard InChI is InChI=1S/C19H21N5O2S.C12H12ClN3O2S.C7H10N2.CH4/c1-11-8-15-17(27-11)16(18(26)24-7-5-14(25)10-24)23-19(22-15)21-12(2)13-4-3-6-20-9-13;1-6-4-8-10(19-6)9(15-12(13)14-8)11(18)16-3-2-7(17)5-16;1-6(8)7-3-2-4-9-5-7;/h3-4,6,8-9,12,14,25H,5,7,10H2,1-2H3,(H,21,22,23);4,7,17H,2-3,5H2,1H3;2-6H,8H2,1H3;1H4/t12-,14+;7-;6-;/m010./s1. The molecule has 0 radical (unpaired) electrons. The summed E-state index contributed by atoms with van der Waals surface area (Å²) in [5.74, 6) is 0.0744. The Labute approximate surface area is 338 Å². The molecule has 2 saturated heterocycles. The Bertz CT molecular complexity index is 2260. The average Bonchev–Trinajstić information content (AvgIpc) is 3.98. The predicted molar refractivity (Wildman–Crippen MR) is 222 cm³/mol. The van der Waals surface area contributed by atoms with Crippen LogP contribution in [0.25, 0.3) is 20.4 Å². The van der Waals surface area contributed by atoms with E-state index < -0.39 is 12.2 Å². The summed E-state index contributed by atoms with van der Waals surface area (Å²) >= 11 is 8.87. The second-order valence-electron chi connectivity index (χ2n) is 13.5. The van der Waals surface area contributed by atoms with Gasteiger partial charge in [-0.3, -0.25) is 19.6 Å². The van der Waals surface area contributed by atoms with Gasteiger partial charge in [-0.15, -0.1) is 22.7 Å². The van der Waals surface area contributed by atoms with Crippen molar-refractivity contribution in [3.8, 4) is 0 Å². The lowest BCUT2D eigenvalue weighted by Gasteiger charge is -2.17. The number of hydrogen-bond acceptors (Lipinski definition) is 14. The van der Waals surface area contributed by atoms with E-state index in [1.807, 2.05) is 64.1 Å². The van der Waals surface area contributed by atoms with Crippen molar-refractivity contribution in [1.82, 2.24) is 39.7 Å². The average molecular weight is 819 g/mol. The van der Waals surface area contributed by atoms with Crippen LogP contribution in [-0.4, -0.2) is 100 Å². The van der Waals surface area contributed by atoms with E-state index in [0.29, 0.717) is 61.9 Å². The number of aliphatic hydroxyl groups excluding tert-OH is 2. The van der Waals surface area contributed by atoms with Gasteiger partial charge in [0.2, 0.25) is 11.2 Å². The number of fused-ring (bicyclic) bond motifs is 2. The molecule has 0 saturated carbocycles. The number of nitrogens with zero attached hydrogens (tertiary/aromatic N) is 8. The lowest BCUT2D eigenvalue weighted by molar-refractivity contribution is 0.0756. The number of pyridine rings is 2. The maximum absolute atomic E-state index is 13.0. The number of amides is 2. The number of anilines is 1. The highest BCUT2D eigenvalue weighted by Crippen LogP contribution is 2.31. The number of halogens is 1. The number of carbonyl (C=O) groups excluding carboxylic acids is 2. The third-order valence-corrected chi connectivity index (χ3v) is 11.3. The monoisotopic (exact) mass is 818 g/mol. The highest BCUT2D eigenvalue weighted by molar-refractivity contribution is 7.19. The zero-order valence-electron chi connectivity index (χ0n) is 30.9. The number of β-amino-alcohol motifs (C(OH)–C–C–N with tert-alkyl or cyclic N) is 2. The molecule has 2 amide bonds. The maximum Gasteiger partial charge on any atom is 0.274 e. The van der Waals surface area contributed by atoms with Crippen molar-refractivity contribution in [1.29, 1.82) is 0 Å². The number of nitrogens with two attached hydrogens (primary N) is 1. The van der Waals surface area contributed by atoms with Gasteiger partial charge in [0.25, 0.3) is 11.8 Å². The van der Waals surface area contributed by atoms with E-state index in [2.05, 4.69) is 35.2 Å². The molecule has 0 aromatic carbocycles. The van der Waals surface area contributed by atoms with Crippen molar-refractivity contribution in [2.75, 3.05) is 31.5 Å². The highest BCUT2D eigenvalue weighted by atomic mass is 35.5. The number of aryl methyl sites for hydroxylation is 2. The Balaban J connectivity index is 0.000000179. The Morgan fingerprint density at radius 2 is 1.32 bits per heavy atom. The fraction of sp³-hybridized carbons (Fsp3) is 0.385. The van der Waals surface area contributed by atoms with Gasteiger partial charge in [0.1, 0.15) is 0 Å². The number of aromatic nitrogens is 6. The van der Waals surface area contributed by atoms with Crippen molar-refractivity contribution < 1.29 is 19.8 Å². The molecular weight excluding hydrogens is 772 g/mol. The molecule has 2 fully saturated rings. The van der Waals surface area contributed by atoms with Gasteiger partial charge in [-0.05, 0) is 87.5 Å². The Morgan fingerprint density at radius 3 is 1.77 bits per heavy atom. The molecule has 0 spiro atoms. The molecule has 2 aliphatic rings. The van der Waals surface area contributed by atoms with Gasteiger partial charge < -0.3 is 31.1 Å². The van der Waals surface area contributed by atoms with E-state index in [-0.39, 0.29) is 36.6 Å². The second kappa shape index (κ2) is 19.0. The zero-order valence-corrected chi connectivity index (χ0v) is 33.3. The molecular formula is C39H47ClN10O4S2. The van der Waals surface area contributed by atoms with Gasteiger partial charge in [0.05, 0.1) is 38.7 Å². The molecule has 4 atom stereocenters. The zero-order chi connectivity index (χ0) is 39.2. The second-order valence-corrected chi connectivity index (χ2v) is 16.3. The highest BCUT2D eigenvalue weighted by Gasteiger charge is 2.30. The van der Waals surface area contributed by atoms with Crippen LogP contribution in [0.4, 0.5) is 5.95 Å². The van der Waals surface area contributed by atoms with Crippen molar-refractivity contribution in [2.24, 2.45) is 5.73 Å². The minimum Gasteiger partial charge on any atom is -0.391 e. The van der Waals surface area contributed by atoms with Crippen molar-refractivity contribution in [3.63, 3.8) is 0 Å². The SMILES string of the molecule is C.C[C@H](N)c1cccnc1.Cc1cc2nc(Cl)nc(C(=O)N3CC[C@@H](O)C3)c2s1.Cc1cc2nc(N[C@@H](C)c3cccnc3)nc(C(=O)N3CC[C@@H](O)C3)c2s1. The summed E-state index contributed by atoms with van der Waals surface area (Å²) < 4.78 is 1.55. The van der Waals surface area contributed by atoms with Crippen LogP contribution in [0.5, 0.6) is 0 Å². The molecule has 14 nitrogen and oxygen atoms in total. The largest absolute Gasteiger partial charge is 0.391 e. The van der Waals surface area contributed by atoms with E-state index in [0.717, 1.165) is 35.8 Å². The quantitative estimate of drug-likeness (QED) is 0.136. The number of rotatable bonds is 6. The lowest BCUT2D eigenvalue weighted by Crippen LogP contribution is -2.30. The van der Waals surface area contributed by atoms with Crippen molar-refractivity contribution in [2.45, 2.75) is 72.3 Å². The molecule has 17 heteroatoms. The molecule has 6 aromatic rings. The summed E-state index contributed by atoms with van der Waals surface area (Å²) in [6, 6.07) is 11.6. The third-order valence-electron chi connectivity index (χ3n) is 9.01. The summed E-state index contributed by atoms with van der Waals surface area (Å²) in [5.41, 5.74) is 9.86. The maximum atomic E-state index is 13.0. The molecule has 0 unspecified atom stereocenters. The number of likely N-dealkylation sites (tertiary alicyclic amines) is 2. The number of nitrogens with one attached hydrogen (secondary N) is 1. The summed E-state index contributed by atoms with van der Waals surface area (Å²) in [7, 11) is 0. The third kappa shape index (κ3) is 10.4. The lowest BCUT2D eigenvalue weighted by atomic mass is 10.1. The summed E-state index contributed by atoms with van der Waals surface area (Å²) in [6.45, 7) is 9.69. The van der Waals surface area contributed by atoms with Gasteiger partial charge in [0, 0.05) is 66.8 Å². The number of hydrogen-bond donors (Lipinski definition) is 4. The first-order valence-electron chi connectivity index (χ1n) is 17.8. The topological polar surface area (TPSA) is 196 Å². The fourth-order valence-electron chi connectivity index (χ4n) is 6.13. The Morgan fingerprint density at radius 1 is 0.821 bits per heavy atom. The van der Waals surface area contributed by atoms with E-state index >= 15 is 0 Å². The normalized spacial score (nSPS) is 17.4. The van der Waals surface area contributed by atoms with Gasteiger partial charge in [-0.1, -0.05) is 19.6 Å². The van der Waals surface area contributed by atoms with Crippen molar-refractivity contribution >= 4 is 72.5 Å². The van der Waals surface area contributed by atoms with E-state index in [1.165, 1.54) is 22.7 Å². The molecule has 5 N–H and O–H groups in total. The molecule has 2 aliphatic heterocycles. The fourth-order valence-corrected chi connectivity index (χ4v) is 8.17. The molecule has 296 valence electrons. The van der Waals surface area contributed by atoms with Gasteiger partial charge in [-0.2, -0.15) is 0 Å². The van der Waals surface area contributed by atoms with Gasteiger partial charge in [-0.25, -0.2) is 19.9 Å². The smallest absolute Gasteiger partial charge is 0.274 e. The van der Waals surface area contributed by atoms with Crippen LogP contribution >= 0.6 is 34.3 Å². The van der Waals surface area contributed by atoms with Gasteiger partial charge in [0.15, 0.2) is 11.4 Å². The minimum atomic E-state index is -0.459. The summed E-state index contributed by atoms with van der Waals surface area (Å²) in [5, 5.41) is 22.6. The van der Waals surface area contributed by atoms with Crippen LogP contribution < -0.4 is 11.1 Å². The number of thiophene rings is 2. The van der Waals surface area contributed by atoms with E-state index in [1.54, 1.807) is 34.6 Å². The van der Waals surface area contributed by atoms with Crippen LogP contribution in [-0.2, 0) is 0 Å². The van der Waals surface area contributed by atoms with Crippen molar-refractivity contribution in [3.05, 3.63) is 98.7 Å². The van der Waals surface area contributed by atoms with E-state index in [4.69, 9.17) is 17.3 Å². The first-order chi connectivity index (χ1) is 26.4. The molecule has 0 bridgehead atoms. The first-order valence-corrected chi connectivity index (χ1v) is 19.9. The molecule has 8 rings (SSSR count). The molecule has 56 heavy (non-hydrogen) atoms. The molecule has 6 aromatic heterocycles. The van der Waals surface area contributed by atoms with Crippen LogP contribution in [0.1, 0.15) is 88.1 Å². The van der Waals surface area contributed by atoms with Gasteiger partial charge >= 0.3 is 0 Å². The summed E-state index contributed by atoms with van der Waals surface area (Å²) in [4.78, 5) is 56.3. The Hall–Kier alpha value is -4.71. The van der Waals surface area contributed by atoms with Crippen LogP contribution in [0, 0.1) is 13.8 Å². The Kier molecular flexibility index (Phi) is 14.4. The first kappa shape index (κ1) is 42.4. The molecule has 8 heterocycles. The van der Waals surface area contributed by atoms with Crippen LogP contribution in [0.2, 0.25) is 5.28 Å².